The van der Waals surface area contributed by atoms with Gasteiger partial charge in [0.2, 0.25) is 5.88 Å². The predicted molar refractivity (Wildman–Crippen MR) is 124 cm³/mol. The van der Waals surface area contributed by atoms with Crippen LogP contribution >= 0.6 is 11.6 Å². The number of benzene rings is 2. The Balaban J connectivity index is 2.06. The first-order valence-electron chi connectivity index (χ1n) is 10.5. The van der Waals surface area contributed by atoms with Crippen LogP contribution in [0.4, 0.5) is 4.79 Å². The summed E-state index contributed by atoms with van der Waals surface area (Å²) in [6, 6.07) is 16.9. The van der Waals surface area contributed by atoms with Crippen LogP contribution < -0.4 is 10.1 Å². The molecular weight excluding hydrogens is 412 g/mol. The van der Waals surface area contributed by atoms with E-state index in [4.69, 9.17) is 21.4 Å². The molecule has 0 fully saturated rings. The van der Waals surface area contributed by atoms with Crippen molar-refractivity contribution in [3.8, 4) is 17.3 Å². The third-order valence-corrected chi connectivity index (χ3v) is 4.93. The Morgan fingerprint density at radius 3 is 2.58 bits per heavy atom. The SMILES string of the molecule is CCNC(=O)N(Cc1c(C)nn(-c2cccc(Cl)c2)c1Oc1ccccc1)CC(C)C. The van der Waals surface area contributed by atoms with Crippen LogP contribution in [-0.4, -0.2) is 33.8 Å². The zero-order valence-corrected chi connectivity index (χ0v) is 19.2. The van der Waals surface area contributed by atoms with E-state index >= 15 is 0 Å². The molecule has 0 saturated carbocycles. The number of halogens is 1. The van der Waals surface area contributed by atoms with Crippen LogP contribution in [0.1, 0.15) is 32.0 Å². The summed E-state index contributed by atoms with van der Waals surface area (Å²) in [5.41, 5.74) is 2.45. The number of hydrogen-bond donors (Lipinski definition) is 1. The Morgan fingerprint density at radius 2 is 1.94 bits per heavy atom. The van der Waals surface area contributed by atoms with Crippen molar-refractivity contribution in [2.45, 2.75) is 34.2 Å². The Kier molecular flexibility index (Phi) is 7.58. The molecule has 2 aromatic carbocycles. The monoisotopic (exact) mass is 440 g/mol. The molecule has 0 atom stereocenters. The molecule has 7 heteroatoms. The topological polar surface area (TPSA) is 59.4 Å². The molecule has 0 spiro atoms. The fourth-order valence-electron chi connectivity index (χ4n) is 3.32. The van der Waals surface area contributed by atoms with Gasteiger partial charge in [0.15, 0.2) is 0 Å². The standard InChI is InChI=1S/C24H29ClN4O2/c1-5-26-24(30)28(15-17(2)3)16-22-18(4)27-29(20-11-9-10-19(25)14-20)23(22)31-21-12-7-6-8-13-21/h6-14,17H,5,15-16H2,1-4H3,(H,26,30). The molecule has 0 saturated heterocycles. The predicted octanol–water partition coefficient (Wildman–Crippen LogP) is 5.81. The zero-order valence-electron chi connectivity index (χ0n) is 18.4. The van der Waals surface area contributed by atoms with E-state index < -0.39 is 0 Å². The molecule has 1 heterocycles. The van der Waals surface area contributed by atoms with Gasteiger partial charge >= 0.3 is 6.03 Å². The molecule has 0 aliphatic rings. The third-order valence-electron chi connectivity index (χ3n) is 4.70. The maximum Gasteiger partial charge on any atom is 0.317 e. The van der Waals surface area contributed by atoms with Crippen molar-refractivity contribution in [1.82, 2.24) is 20.0 Å². The van der Waals surface area contributed by atoms with Crippen molar-refractivity contribution in [2.75, 3.05) is 13.1 Å². The van der Waals surface area contributed by atoms with Gasteiger partial charge < -0.3 is 15.0 Å². The van der Waals surface area contributed by atoms with E-state index in [1.807, 2.05) is 68.4 Å². The van der Waals surface area contributed by atoms with Crippen molar-refractivity contribution in [2.24, 2.45) is 5.92 Å². The molecule has 3 rings (SSSR count). The summed E-state index contributed by atoms with van der Waals surface area (Å²) < 4.78 is 8.05. The highest BCUT2D eigenvalue weighted by Crippen LogP contribution is 2.32. The van der Waals surface area contributed by atoms with E-state index in [-0.39, 0.29) is 6.03 Å². The number of rotatable bonds is 8. The van der Waals surface area contributed by atoms with Crippen LogP contribution in [0.2, 0.25) is 5.02 Å². The van der Waals surface area contributed by atoms with E-state index in [1.165, 1.54) is 0 Å². The van der Waals surface area contributed by atoms with Gasteiger partial charge in [-0.15, -0.1) is 0 Å². The van der Waals surface area contributed by atoms with Crippen LogP contribution in [0.3, 0.4) is 0 Å². The van der Waals surface area contributed by atoms with Gasteiger partial charge in [-0.1, -0.05) is 49.7 Å². The Morgan fingerprint density at radius 1 is 1.19 bits per heavy atom. The highest BCUT2D eigenvalue weighted by Gasteiger charge is 2.24. The number of ether oxygens (including phenoxy) is 1. The van der Waals surface area contributed by atoms with Crippen molar-refractivity contribution in [1.29, 1.82) is 0 Å². The first-order valence-corrected chi connectivity index (χ1v) is 10.9. The van der Waals surface area contributed by atoms with E-state index in [9.17, 15) is 4.79 Å². The van der Waals surface area contributed by atoms with Crippen molar-refractivity contribution < 1.29 is 9.53 Å². The summed E-state index contributed by atoms with van der Waals surface area (Å²) in [5.74, 6) is 1.59. The van der Waals surface area contributed by atoms with Gasteiger partial charge in [0.05, 0.1) is 23.5 Å². The smallest absolute Gasteiger partial charge is 0.317 e. The molecule has 0 aliphatic carbocycles. The van der Waals surface area contributed by atoms with Gasteiger partial charge in [-0.3, -0.25) is 0 Å². The average molecular weight is 441 g/mol. The molecule has 1 N–H and O–H groups in total. The molecule has 31 heavy (non-hydrogen) atoms. The number of para-hydroxylation sites is 1. The fraction of sp³-hybridized carbons (Fsp3) is 0.333. The molecule has 3 aromatic rings. The molecule has 0 aliphatic heterocycles. The molecule has 2 amide bonds. The summed E-state index contributed by atoms with van der Waals surface area (Å²) in [6.07, 6.45) is 0. The highest BCUT2D eigenvalue weighted by atomic mass is 35.5. The van der Waals surface area contributed by atoms with Crippen molar-refractivity contribution >= 4 is 17.6 Å². The van der Waals surface area contributed by atoms with Gasteiger partial charge in [0.25, 0.3) is 0 Å². The summed E-state index contributed by atoms with van der Waals surface area (Å²) in [6.45, 7) is 9.61. The van der Waals surface area contributed by atoms with Gasteiger partial charge in [-0.25, -0.2) is 9.48 Å². The highest BCUT2D eigenvalue weighted by molar-refractivity contribution is 6.30. The molecule has 0 bridgehead atoms. The summed E-state index contributed by atoms with van der Waals surface area (Å²) in [7, 11) is 0. The van der Waals surface area contributed by atoms with Crippen LogP contribution in [0.15, 0.2) is 54.6 Å². The molecule has 0 radical (unpaired) electrons. The van der Waals surface area contributed by atoms with Gasteiger partial charge in [0.1, 0.15) is 5.75 Å². The molecule has 0 unspecified atom stereocenters. The third kappa shape index (κ3) is 5.79. The minimum absolute atomic E-state index is 0.100. The lowest BCUT2D eigenvalue weighted by atomic mass is 10.1. The van der Waals surface area contributed by atoms with Crippen LogP contribution in [0.5, 0.6) is 11.6 Å². The lowest BCUT2D eigenvalue weighted by Crippen LogP contribution is -2.41. The largest absolute Gasteiger partial charge is 0.439 e. The van der Waals surface area contributed by atoms with Crippen molar-refractivity contribution in [3.05, 3.63) is 70.9 Å². The molecule has 1 aromatic heterocycles. The van der Waals surface area contributed by atoms with Gasteiger partial charge in [-0.05, 0) is 50.1 Å². The van der Waals surface area contributed by atoms with E-state index in [0.717, 1.165) is 16.9 Å². The van der Waals surface area contributed by atoms with E-state index in [0.29, 0.717) is 42.2 Å². The molecular formula is C24H29ClN4O2. The Hall–Kier alpha value is -2.99. The summed E-state index contributed by atoms with van der Waals surface area (Å²) in [4.78, 5) is 14.5. The van der Waals surface area contributed by atoms with Crippen LogP contribution in [-0.2, 0) is 6.54 Å². The van der Waals surface area contributed by atoms with Crippen LogP contribution in [0.25, 0.3) is 5.69 Å². The number of aryl methyl sites for hydroxylation is 1. The summed E-state index contributed by atoms with van der Waals surface area (Å²) >= 11 is 6.23. The van der Waals surface area contributed by atoms with Gasteiger partial charge in [0, 0.05) is 18.1 Å². The minimum Gasteiger partial charge on any atom is -0.439 e. The maximum absolute atomic E-state index is 12.7. The number of nitrogens with zero attached hydrogens (tertiary/aromatic N) is 3. The zero-order chi connectivity index (χ0) is 22.4. The second-order valence-corrected chi connectivity index (χ2v) is 8.22. The first-order chi connectivity index (χ1) is 14.9. The molecule has 164 valence electrons. The molecule has 6 nitrogen and oxygen atoms in total. The normalized spacial score (nSPS) is 10.9. The number of carbonyl (C=O) groups excluding carboxylic acids is 1. The second kappa shape index (κ2) is 10.4. The quantitative estimate of drug-likeness (QED) is 0.480. The number of amides is 2. The number of hydrogen-bond acceptors (Lipinski definition) is 3. The summed E-state index contributed by atoms with van der Waals surface area (Å²) in [5, 5.41) is 8.25. The minimum atomic E-state index is -0.100. The lowest BCUT2D eigenvalue weighted by molar-refractivity contribution is 0.188. The Bertz CT molecular complexity index is 1020. The number of urea groups is 1. The van der Waals surface area contributed by atoms with E-state index in [1.54, 1.807) is 9.58 Å². The lowest BCUT2D eigenvalue weighted by Gasteiger charge is -2.25. The van der Waals surface area contributed by atoms with E-state index in [2.05, 4.69) is 19.2 Å². The van der Waals surface area contributed by atoms with Gasteiger partial charge in [-0.2, -0.15) is 5.10 Å². The Labute approximate surface area is 188 Å². The van der Waals surface area contributed by atoms with Crippen molar-refractivity contribution in [3.63, 3.8) is 0 Å². The average Bonchev–Trinajstić information content (AvgIpc) is 3.03. The maximum atomic E-state index is 12.7. The fourth-order valence-corrected chi connectivity index (χ4v) is 3.51. The first kappa shape index (κ1) is 22.7. The second-order valence-electron chi connectivity index (χ2n) is 7.79. The number of aromatic nitrogens is 2. The number of nitrogens with one attached hydrogen (secondary N) is 1. The number of carbonyl (C=O) groups is 1. The van der Waals surface area contributed by atoms with Crippen LogP contribution in [0, 0.1) is 12.8 Å².